The zero-order valence-electron chi connectivity index (χ0n) is 9.23. The van der Waals surface area contributed by atoms with E-state index in [2.05, 4.69) is 12.1 Å². The van der Waals surface area contributed by atoms with E-state index in [1.165, 1.54) is 0 Å². The molecule has 5 nitrogen and oxygen atoms in total. The van der Waals surface area contributed by atoms with Crippen molar-refractivity contribution in [1.82, 2.24) is 4.90 Å². The summed E-state index contributed by atoms with van der Waals surface area (Å²) in [5.41, 5.74) is 5.47. The van der Waals surface area contributed by atoms with Crippen molar-refractivity contribution in [2.24, 2.45) is 10.9 Å². The monoisotopic (exact) mass is 203 g/mol. The lowest BCUT2D eigenvalue weighted by Crippen LogP contribution is -2.41. The molecule has 0 spiro atoms. The van der Waals surface area contributed by atoms with Crippen molar-refractivity contribution in [3.63, 3.8) is 0 Å². The average molecular weight is 203 g/mol. The number of oxime groups is 1. The number of hydrogen-bond acceptors (Lipinski definition) is 4. The summed E-state index contributed by atoms with van der Waals surface area (Å²) in [7, 11) is 1.91. The van der Waals surface area contributed by atoms with E-state index in [0.29, 0.717) is 6.61 Å². The quantitative estimate of drug-likeness (QED) is 0.207. The molecule has 84 valence electrons. The first-order chi connectivity index (χ1) is 6.63. The maximum atomic E-state index is 8.47. The van der Waals surface area contributed by atoms with Crippen LogP contribution in [0.15, 0.2) is 5.16 Å². The minimum absolute atomic E-state index is 0.0646. The number of rotatable bonds is 7. The third-order valence-corrected chi connectivity index (χ3v) is 2.14. The van der Waals surface area contributed by atoms with Gasteiger partial charge in [0.05, 0.1) is 12.6 Å². The van der Waals surface area contributed by atoms with Gasteiger partial charge in [0.15, 0.2) is 5.84 Å². The Hall–Kier alpha value is -0.810. The number of nitrogens with two attached hydrogens (primary N) is 1. The summed E-state index contributed by atoms with van der Waals surface area (Å²) in [6.07, 6.45) is 1.03. The molecule has 0 aromatic rings. The van der Waals surface area contributed by atoms with E-state index >= 15 is 0 Å². The molecular weight excluding hydrogens is 182 g/mol. The van der Waals surface area contributed by atoms with Gasteiger partial charge in [0, 0.05) is 13.2 Å². The van der Waals surface area contributed by atoms with Gasteiger partial charge in [-0.2, -0.15) is 0 Å². The number of ether oxygens (including phenoxy) is 1. The molecule has 0 heterocycles. The fraction of sp³-hybridized carbons (Fsp3) is 0.889. The van der Waals surface area contributed by atoms with Crippen LogP contribution < -0.4 is 5.73 Å². The molecule has 1 atom stereocenters. The van der Waals surface area contributed by atoms with Crippen molar-refractivity contribution in [2.75, 3.05) is 26.8 Å². The number of amidine groups is 1. The Balaban J connectivity index is 3.67. The molecule has 0 aliphatic rings. The minimum atomic E-state index is -0.0646. The Morgan fingerprint density at radius 2 is 2.21 bits per heavy atom. The van der Waals surface area contributed by atoms with Crippen LogP contribution in [0.3, 0.4) is 0 Å². The second-order valence-electron chi connectivity index (χ2n) is 3.29. The van der Waals surface area contributed by atoms with Gasteiger partial charge in [-0.1, -0.05) is 12.1 Å². The summed E-state index contributed by atoms with van der Waals surface area (Å²) in [6, 6.07) is -0.0646. The summed E-state index contributed by atoms with van der Waals surface area (Å²) in [5.74, 6) is 0.225. The summed E-state index contributed by atoms with van der Waals surface area (Å²) in [4.78, 5) is 1.98. The highest BCUT2D eigenvalue weighted by molar-refractivity contribution is 5.84. The van der Waals surface area contributed by atoms with Gasteiger partial charge in [-0.25, -0.2) is 0 Å². The van der Waals surface area contributed by atoms with Crippen LogP contribution in [0.2, 0.25) is 0 Å². The molecular formula is C9H21N3O2. The largest absolute Gasteiger partial charge is 0.409 e. The van der Waals surface area contributed by atoms with Crippen molar-refractivity contribution >= 4 is 5.84 Å². The van der Waals surface area contributed by atoms with Gasteiger partial charge in [-0.05, 0) is 20.4 Å². The summed E-state index contributed by atoms with van der Waals surface area (Å²) < 4.78 is 5.33. The Morgan fingerprint density at radius 1 is 1.57 bits per heavy atom. The number of hydrogen-bond donors (Lipinski definition) is 2. The minimum Gasteiger partial charge on any atom is -0.409 e. The third-order valence-electron chi connectivity index (χ3n) is 2.14. The molecule has 0 rings (SSSR count). The average Bonchev–Trinajstić information content (AvgIpc) is 2.21. The molecule has 3 N–H and O–H groups in total. The van der Waals surface area contributed by atoms with Gasteiger partial charge in [-0.15, -0.1) is 0 Å². The van der Waals surface area contributed by atoms with Gasteiger partial charge in [-0.3, -0.25) is 4.90 Å². The SMILES string of the molecule is CCCOCCN(C)C(C)C(N)=NO. The first-order valence-corrected chi connectivity index (χ1v) is 4.88. The first-order valence-electron chi connectivity index (χ1n) is 4.88. The van der Waals surface area contributed by atoms with Gasteiger partial charge < -0.3 is 15.7 Å². The van der Waals surface area contributed by atoms with Crippen LogP contribution >= 0.6 is 0 Å². The molecule has 0 aliphatic heterocycles. The van der Waals surface area contributed by atoms with Crippen LogP contribution in [-0.4, -0.2) is 48.8 Å². The van der Waals surface area contributed by atoms with Gasteiger partial charge >= 0.3 is 0 Å². The standard InChI is InChI=1S/C9H21N3O2/c1-4-6-14-7-5-12(3)8(2)9(10)11-13/h8,13H,4-7H2,1-3H3,(H2,10,11). The highest BCUT2D eigenvalue weighted by atomic mass is 16.5. The van der Waals surface area contributed by atoms with Crippen LogP contribution in [0.25, 0.3) is 0 Å². The summed E-state index contributed by atoms with van der Waals surface area (Å²) in [6.45, 7) is 6.19. The van der Waals surface area contributed by atoms with Crippen molar-refractivity contribution in [2.45, 2.75) is 26.3 Å². The zero-order valence-corrected chi connectivity index (χ0v) is 9.23. The Labute approximate surface area is 85.5 Å². The Bertz CT molecular complexity index is 173. The predicted molar refractivity (Wildman–Crippen MR) is 56.6 cm³/mol. The third kappa shape index (κ3) is 5.04. The summed E-state index contributed by atoms with van der Waals surface area (Å²) in [5, 5.41) is 11.4. The lowest BCUT2D eigenvalue weighted by Gasteiger charge is -2.23. The molecule has 0 radical (unpaired) electrons. The van der Waals surface area contributed by atoms with Crippen molar-refractivity contribution in [1.29, 1.82) is 0 Å². The van der Waals surface area contributed by atoms with Crippen LogP contribution in [0.5, 0.6) is 0 Å². The molecule has 1 unspecified atom stereocenters. The molecule has 0 aromatic carbocycles. The zero-order chi connectivity index (χ0) is 11.0. The molecule has 0 amide bonds. The van der Waals surface area contributed by atoms with Gasteiger partial charge in [0.1, 0.15) is 0 Å². The first kappa shape index (κ1) is 13.2. The molecule has 0 bridgehead atoms. The van der Waals surface area contributed by atoms with Crippen LogP contribution in [-0.2, 0) is 4.74 Å². The second-order valence-corrected chi connectivity index (χ2v) is 3.29. The van der Waals surface area contributed by atoms with E-state index in [4.69, 9.17) is 15.7 Å². The molecule has 5 heteroatoms. The van der Waals surface area contributed by atoms with E-state index in [1.54, 1.807) is 0 Å². The van der Waals surface area contributed by atoms with E-state index in [0.717, 1.165) is 19.6 Å². The van der Waals surface area contributed by atoms with Crippen LogP contribution in [0, 0.1) is 0 Å². The normalized spacial score (nSPS) is 14.7. The number of nitrogens with zero attached hydrogens (tertiary/aromatic N) is 2. The highest BCUT2D eigenvalue weighted by Gasteiger charge is 2.12. The maximum absolute atomic E-state index is 8.47. The van der Waals surface area contributed by atoms with E-state index in [-0.39, 0.29) is 11.9 Å². The lowest BCUT2D eigenvalue weighted by atomic mass is 10.3. The topological polar surface area (TPSA) is 71.1 Å². The fourth-order valence-corrected chi connectivity index (χ4v) is 0.958. The maximum Gasteiger partial charge on any atom is 0.156 e. The van der Waals surface area contributed by atoms with Crippen molar-refractivity contribution in [3.8, 4) is 0 Å². The van der Waals surface area contributed by atoms with Gasteiger partial charge in [0.2, 0.25) is 0 Å². The number of likely N-dealkylation sites (N-methyl/N-ethyl adjacent to an activating group) is 1. The van der Waals surface area contributed by atoms with Crippen molar-refractivity contribution < 1.29 is 9.94 Å². The predicted octanol–water partition coefficient (Wildman–Crippen LogP) is 0.480. The molecule has 0 aromatic heterocycles. The Morgan fingerprint density at radius 3 is 2.71 bits per heavy atom. The van der Waals surface area contributed by atoms with E-state index in [9.17, 15) is 0 Å². The fourth-order valence-electron chi connectivity index (χ4n) is 0.958. The smallest absolute Gasteiger partial charge is 0.156 e. The van der Waals surface area contributed by atoms with E-state index in [1.807, 2.05) is 18.9 Å². The Kier molecular flexibility index (Phi) is 7.14. The summed E-state index contributed by atoms with van der Waals surface area (Å²) >= 11 is 0. The van der Waals surface area contributed by atoms with Gasteiger partial charge in [0.25, 0.3) is 0 Å². The highest BCUT2D eigenvalue weighted by Crippen LogP contribution is 1.95. The molecule has 0 fully saturated rings. The van der Waals surface area contributed by atoms with Crippen LogP contribution in [0.1, 0.15) is 20.3 Å². The second kappa shape index (κ2) is 7.58. The molecule has 0 aliphatic carbocycles. The molecule has 0 saturated carbocycles. The van der Waals surface area contributed by atoms with Crippen LogP contribution in [0.4, 0.5) is 0 Å². The van der Waals surface area contributed by atoms with Crippen molar-refractivity contribution in [3.05, 3.63) is 0 Å². The van der Waals surface area contributed by atoms with E-state index < -0.39 is 0 Å². The molecule has 14 heavy (non-hydrogen) atoms. The lowest BCUT2D eigenvalue weighted by molar-refractivity contribution is 0.108. The molecule has 0 saturated heterocycles.